The van der Waals surface area contributed by atoms with E-state index in [0.717, 1.165) is 5.56 Å². The van der Waals surface area contributed by atoms with Gasteiger partial charge in [-0.3, -0.25) is 4.79 Å². The fourth-order valence-corrected chi connectivity index (χ4v) is 2.43. The van der Waals surface area contributed by atoms with Crippen molar-refractivity contribution in [1.29, 1.82) is 0 Å². The van der Waals surface area contributed by atoms with Gasteiger partial charge >= 0.3 is 6.61 Å². The number of carbonyl (C=O) groups is 1. The van der Waals surface area contributed by atoms with Crippen LogP contribution in [-0.2, 0) is 6.61 Å². The van der Waals surface area contributed by atoms with Gasteiger partial charge in [-0.05, 0) is 35.9 Å². The standard InChI is InChI=1S/C20H17F2NO5/c1-12(24)18-10-16(23-28-18)14-5-8-17(27-20(21)22)19(9-14)26-11-13-3-6-15(25-2)7-4-13/h3-10,20H,11H2,1-2H3. The fraction of sp³-hybridized carbons (Fsp3) is 0.200. The maximum atomic E-state index is 12.7. The zero-order valence-electron chi connectivity index (χ0n) is 15.1. The van der Waals surface area contributed by atoms with Crippen molar-refractivity contribution in [3.05, 3.63) is 59.9 Å². The van der Waals surface area contributed by atoms with E-state index in [1.807, 2.05) is 0 Å². The molecule has 28 heavy (non-hydrogen) atoms. The van der Waals surface area contributed by atoms with Crippen molar-refractivity contribution in [2.75, 3.05) is 7.11 Å². The molecule has 0 fully saturated rings. The number of hydrogen-bond acceptors (Lipinski definition) is 6. The lowest BCUT2D eigenvalue weighted by atomic mass is 10.1. The zero-order chi connectivity index (χ0) is 20.1. The first-order valence-corrected chi connectivity index (χ1v) is 8.29. The molecule has 0 aliphatic carbocycles. The number of ether oxygens (including phenoxy) is 3. The average molecular weight is 389 g/mol. The highest BCUT2D eigenvalue weighted by molar-refractivity contribution is 5.92. The van der Waals surface area contributed by atoms with E-state index < -0.39 is 6.61 Å². The van der Waals surface area contributed by atoms with E-state index in [0.29, 0.717) is 17.0 Å². The number of nitrogens with zero attached hydrogens (tertiary/aromatic N) is 1. The van der Waals surface area contributed by atoms with Crippen LogP contribution in [0, 0.1) is 0 Å². The third-order valence-corrected chi connectivity index (χ3v) is 3.87. The SMILES string of the molecule is COc1ccc(COc2cc(-c3cc(C(C)=O)on3)ccc2OC(F)F)cc1. The number of alkyl halides is 2. The van der Waals surface area contributed by atoms with Crippen LogP contribution in [-0.4, -0.2) is 24.7 Å². The van der Waals surface area contributed by atoms with Gasteiger partial charge < -0.3 is 18.7 Å². The number of aromatic nitrogens is 1. The summed E-state index contributed by atoms with van der Waals surface area (Å²) in [5.74, 6) is 0.527. The molecule has 0 radical (unpaired) electrons. The Bertz CT molecular complexity index is 953. The summed E-state index contributed by atoms with van der Waals surface area (Å²) in [7, 11) is 1.56. The van der Waals surface area contributed by atoms with Gasteiger partial charge in [0.2, 0.25) is 5.76 Å². The maximum Gasteiger partial charge on any atom is 0.387 e. The molecule has 6 nitrogen and oxygen atoms in total. The molecule has 3 aromatic rings. The van der Waals surface area contributed by atoms with Gasteiger partial charge in [0.15, 0.2) is 17.3 Å². The van der Waals surface area contributed by atoms with Crippen LogP contribution < -0.4 is 14.2 Å². The van der Waals surface area contributed by atoms with E-state index in [9.17, 15) is 13.6 Å². The Kier molecular flexibility index (Phi) is 5.88. The summed E-state index contributed by atoms with van der Waals surface area (Å²) >= 11 is 0. The zero-order valence-corrected chi connectivity index (χ0v) is 15.1. The number of methoxy groups -OCH3 is 1. The summed E-state index contributed by atoms with van der Waals surface area (Å²) in [6.45, 7) is -1.51. The van der Waals surface area contributed by atoms with Crippen LogP contribution in [0.4, 0.5) is 8.78 Å². The molecule has 0 atom stereocenters. The van der Waals surface area contributed by atoms with Crippen LogP contribution in [0.25, 0.3) is 11.3 Å². The second kappa shape index (κ2) is 8.51. The molecular weight excluding hydrogens is 372 g/mol. The first-order valence-electron chi connectivity index (χ1n) is 8.29. The van der Waals surface area contributed by atoms with Crippen LogP contribution in [0.2, 0.25) is 0 Å². The topological polar surface area (TPSA) is 70.8 Å². The van der Waals surface area contributed by atoms with E-state index >= 15 is 0 Å². The van der Waals surface area contributed by atoms with Gasteiger partial charge in [-0.25, -0.2) is 0 Å². The minimum absolute atomic E-state index is 0.101. The van der Waals surface area contributed by atoms with Gasteiger partial charge in [-0.15, -0.1) is 0 Å². The van der Waals surface area contributed by atoms with Crippen LogP contribution in [0.1, 0.15) is 23.0 Å². The number of ketones is 1. The molecule has 0 amide bonds. The molecule has 0 aliphatic rings. The van der Waals surface area contributed by atoms with Gasteiger partial charge in [-0.1, -0.05) is 17.3 Å². The van der Waals surface area contributed by atoms with E-state index in [4.69, 9.17) is 14.0 Å². The van der Waals surface area contributed by atoms with E-state index in [1.165, 1.54) is 31.2 Å². The highest BCUT2D eigenvalue weighted by Crippen LogP contribution is 2.34. The Balaban J connectivity index is 1.85. The lowest BCUT2D eigenvalue weighted by molar-refractivity contribution is -0.0515. The highest BCUT2D eigenvalue weighted by atomic mass is 19.3. The smallest absolute Gasteiger partial charge is 0.387 e. The van der Waals surface area contributed by atoms with Crippen molar-refractivity contribution < 1.29 is 32.3 Å². The van der Waals surface area contributed by atoms with Gasteiger partial charge in [0.25, 0.3) is 0 Å². The van der Waals surface area contributed by atoms with Crippen LogP contribution >= 0.6 is 0 Å². The third-order valence-electron chi connectivity index (χ3n) is 3.87. The van der Waals surface area contributed by atoms with Crippen LogP contribution in [0.3, 0.4) is 0 Å². The summed E-state index contributed by atoms with van der Waals surface area (Å²) in [4.78, 5) is 11.4. The average Bonchev–Trinajstić information content (AvgIpc) is 3.18. The molecule has 0 saturated heterocycles. The molecule has 0 unspecified atom stereocenters. The van der Waals surface area contributed by atoms with E-state index in [1.54, 1.807) is 31.4 Å². The number of halogens is 2. The number of hydrogen-bond donors (Lipinski definition) is 0. The van der Waals surface area contributed by atoms with E-state index in [-0.39, 0.29) is 29.6 Å². The summed E-state index contributed by atoms with van der Waals surface area (Å²) in [5.41, 5.74) is 1.72. The second-order valence-electron chi connectivity index (χ2n) is 5.81. The molecule has 8 heteroatoms. The van der Waals surface area contributed by atoms with Gasteiger partial charge in [-0.2, -0.15) is 8.78 Å². The molecule has 3 rings (SSSR count). The second-order valence-corrected chi connectivity index (χ2v) is 5.81. The number of carbonyl (C=O) groups excluding carboxylic acids is 1. The summed E-state index contributed by atoms with van der Waals surface area (Å²) < 4.78 is 45.7. The van der Waals surface area contributed by atoms with Crippen molar-refractivity contribution in [3.8, 4) is 28.5 Å². The van der Waals surface area contributed by atoms with Gasteiger partial charge in [0, 0.05) is 18.6 Å². The van der Waals surface area contributed by atoms with Gasteiger partial charge in [0.1, 0.15) is 18.1 Å². The Morgan fingerprint density at radius 3 is 2.46 bits per heavy atom. The van der Waals surface area contributed by atoms with Crippen LogP contribution in [0.15, 0.2) is 53.1 Å². The van der Waals surface area contributed by atoms with Crippen LogP contribution in [0.5, 0.6) is 17.2 Å². The summed E-state index contributed by atoms with van der Waals surface area (Å²) in [6, 6.07) is 13.0. The lowest BCUT2D eigenvalue weighted by Gasteiger charge is -2.13. The quantitative estimate of drug-likeness (QED) is 0.519. The largest absolute Gasteiger partial charge is 0.497 e. The Hall–Kier alpha value is -3.42. The molecule has 1 aromatic heterocycles. The highest BCUT2D eigenvalue weighted by Gasteiger charge is 2.16. The molecule has 2 aromatic carbocycles. The van der Waals surface area contributed by atoms with Crippen molar-refractivity contribution >= 4 is 5.78 Å². The lowest BCUT2D eigenvalue weighted by Crippen LogP contribution is -2.05. The molecule has 1 heterocycles. The minimum atomic E-state index is -2.99. The summed E-state index contributed by atoms with van der Waals surface area (Å²) in [6.07, 6.45) is 0. The number of rotatable bonds is 8. The first kappa shape index (κ1) is 19.3. The predicted octanol–water partition coefficient (Wildman–Crippen LogP) is 4.73. The molecule has 0 saturated carbocycles. The fourth-order valence-electron chi connectivity index (χ4n) is 2.43. The molecule has 146 valence electrons. The molecule has 0 N–H and O–H groups in total. The van der Waals surface area contributed by atoms with Crippen molar-refractivity contribution in [1.82, 2.24) is 5.16 Å². The first-order chi connectivity index (χ1) is 13.5. The number of Topliss-reactive ketones (excluding diaryl/α,β-unsaturated/α-hetero) is 1. The monoisotopic (exact) mass is 389 g/mol. The molecule has 0 bridgehead atoms. The summed E-state index contributed by atoms with van der Waals surface area (Å²) in [5, 5.41) is 3.82. The van der Waals surface area contributed by atoms with Gasteiger partial charge in [0.05, 0.1) is 7.11 Å². The van der Waals surface area contributed by atoms with Crippen molar-refractivity contribution in [2.45, 2.75) is 20.1 Å². The van der Waals surface area contributed by atoms with Crippen molar-refractivity contribution in [2.24, 2.45) is 0 Å². The minimum Gasteiger partial charge on any atom is -0.497 e. The maximum absolute atomic E-state index is 12.7. The third kappa shape index (κ3) is 4.64. The molecule has 0 spiro atoms. The predicted molar refractivity (Wildman–Crippen MR) is 95.9 cm³/mol. The van der Waals surface area contributed by atoms with Crippen molar-refractivity contribution in [3.63, 3.8) is 0 Å². The number of benzene rings is 2. The Labute approximate surface area is 159 Å². The normalized spacial score (nSPS) is 10.8. The molecule has 0 aliphatic heterocycles. The Morgan fingerprint density at radius 1 is 1.11 bits per heavy atom. The van der Waals surface area contributed by atoms with E-state index in [2.05, 4.69) is 9.89 Å². The Morgan fingerprint density at radius 2 is 1.86 bits per heavy atom. The molecular formula is C20H17F2NO5.